The third-order valence-electron chi connectivity index (χ3n) is 5.60. The fourth-order valence-corrected chi connectivity index (χ4v) is 3.70. The van der Waals surface area contributed by atoms with Crippen LogP contribution in [-0.4, -0.2) is 61.5 Å². The Balaban J connectivity index is 1.98. The predicted molar refractivity (Wildman–Crippen MR) is 119 cm³/mol. The molecule has 1 heterocycles. The molecule has 0 radical (unpaired) electrons. The number of benzene rings is 1. The van der Waals surface area contributed by atoms with Gasteiger partial charge >= 0.3 is 0 Å². The number of unbranched alkanes of at least 4 members (excludes halogenated alkanes) is 3. The van der Waals surface area contributed by atoms with Crippen molar-refractivity contribution in [2.45, 2.75) is 57.5 Å². The number of aldehydes is 1. The monoisotopic (exact) mass is 444 g/mol. The maximum absolute atomic E-state index is 13.0. The topological polar surface area (TPSA) is 125 Å². The molecule has 174 valence electrons. The SMILES string of the molecule is CNCCCCCCC(=O)NCc1cccc(C(=O)N(C)C2CCC(=O)NC2=O)c1C=O. The minimum atomic E-state index is -0.781. The highest BCUT2D eigenvalue weighted by Gasteiger charge is 2.33. The number of amides is 4. The van der Waals surface area contributed by atoms with Crippen molar-refractivity contribution < 1.29 is 24.0 Å². The summed E-state index contributed by atoms with van der Waals surface area (Å²) in [6, 6.07) is 4.06. The van der Waals surface area contributed by atoms with Gasteiger partial charge in [0.05, 0.1) is 5.56 Å². The third kappa shape index (κ3) is 6.98. The molecule has 0 aliphatic carbocycles. The van der Waals surface area contributed by atoms with Crippen LogP contribution in [0, 0.1) is 0 Å². The predicted octanol–water partition coefficient (Wildman–Crippen LogP) is 1.16. The van der Waals surface area contributed by atoms with Gasteiger partial charge in [-0.05, 0) is 44.5 Å². The lowest BCUT2D eigenvalue weighted by Gasteiger charge is -2.30. The Kier molecular flexibility index (Phi) is 10.0. The number of carbonyl (C=O) groups excluding carboxylic acids is 5. The van der Waals surface area contributed by atoms with Crippen molar-refractivity contribution in [1.82, 2.24) is 20.9 Å². The second-order valence-corrected chi connectivity index (χ2v) is 7.92. The second kappa shape index (κ2) is 12.7. The van der Waals surface area contributed by atoms with Crippen LogP contribution in [0.1, 0.15) is 71.2 Å². The molecular formula is C23H32N4O5. The minimum Gasteiger partial charge on any atom is -0.352 e. The minimum absolute atomic E-state index is 0.104. The van der Waals surface area contributed by atoms with Crippen LogP contribution in [0.25, 0.3) is 0 Å². The van der Waals surface area contributed by atoms with Crippen molar-refractivity contribution in [2.75, 3.05) is 20.6 Å². The number of hydrogen-bond donors (Lipinski definition) is 3. The fourth-order valence-electron chi connectivity index (χ4n) is 3.70. The summed E-state index contributed by atoms with van der Waals surface area (Å²) >= 11 is 0. The van der Waals surface area contributed by atoms with Gasteiger partial charge in [-0.15, -0.1) is 0 Å². The van der Waals surface area contributed by atoms with E-state index < -0.39 is 17.9 Å². The van der Waals surface area contributed by atoms with E-state index in [2.05, 4.69) is 16.0 Å². The van der Waals surface area contributed by atoms with Crippen molar-refractivity contribution in [3.8, 4) is 0 Å². The standard InChI is InChI=1S/C23H32N4O5/c1-24-13-6-4-3-5-10-20(29)25-14-16-8-7-9-17(18(16)15-28)23(32)27(2)19-11-12-21(30)26-22(19)31/h7-9,15,19,24H,3-6,10-14H2,1-2H3,(H,25,29)(H,26,30,31). The lowest BCUT2D eigenvalue weighted by Crippen LogP contribution is -2.53. The molecule has 32 heavy (non-hydrogen) atoms. The zero-order chi connectivity index (χ0) is 23.5. The first-order chi connectivity index (χ1) is 15.4. The Morgan fingerprint density at radius 3 is 2.62 bits per heavy atom. The number of nitrogens with zero attached hydrogens (tertiary/aromatic N) is 1. The summed E-state index contributed by atoms with van der Waals surface area (Å²) in [5, 5.41) is 8.13. The van der Waals surface area contributed by atoms with Gasteiger partial charge in [-0.3, -0.25) is 29.3 Å². The van der Waals surface area contributed by atoms with Crippen molar-refractivity contribution >= 4 is 29.9 Å². The van der Waals surface area contributed by atoms with Crippen molar-refractivity contribution in [3.05, 3.63) is 34.9 Å². The first kappa shape index (κ1) is 25.2. The van der Waals surface area contributed by atoms with E-state index in [-0.39, 0.29) is 42.3 Å². The number of hydrogen-bond acceptors (Lipinski definition) is 6. The van der Waals surface area contributed by atoms with Gasteiger partial charge in [-0.25, -0.2) is 0 Å². The zero-order valence-electron chi connectivity index (χ0n) is 18.7. The van der Waals surface area contributed by atoms with E-state index in [1.807, 2.05) is 7.05 Å². The van der Waals surface area contributed by atoms with Crippen LogP contribution in [0.3, 0.4) is 0 Å². The van der Waals surface area contributed by atoms with Crippen LogP contribution in [0.4, 0.5) is 0 Å². The zero-order valence-corrected chi connectivity index (χ0v) is 18.7. The molecule has 1 saturated heterocycles. The fraction of sp³-hybridized carbons (Fsp3) is 0.522. The second-order valence-electron chi connectivity index (χ2n) is 7.92. The summed E-state index contributed by atoms with van der Waals surface area (Å²) in [6.07, 6.45) is 5.30. The summed E-state index contributed by atoms with van der Waals surface area (Å²) in [5.74, 6) is -1.49. The van der Waals surface area contributed by atoms with E-state index >= 15 is 0 Å². The van der Waals surface area contributed by atoms with E-state index in [0.717, 1.165) is 32.2 Å². The summed E-state index contributed by atoms with van der Waals surface area (Å²) in [4.78, 5) is 61.6. The van der Waals surface area contributed by atoms with Crippen LogP contribution in [-0.2, 0) is 20.9 Å². The first-order valence-electron chi connectivity index (χ1n) is 11.0. The summed E-state index contributed by atoms with van der Waals surface area (Å²) in [5.41, 5.74) is 0.873. The Labute approximate surface area is 188 Å². The molecule has 1 unspecified atom stereocenters. The maximum atomic E-state index is 13.0. The molecule has 1 atom stereocenters. The van der Waals surface area contributed by atoms with Gasteiger partial charge in [0.15, 0.2) is 6.29 Å². The molecule has 1 aliphatic rings. The van der Waals surface area contributed by atoms with Crippen molar-refractivity contribution in [2.24, 2.45) is 0 Å². The summed E-state index contributed by atoms with van der Waals surface area (Å²) in [6.45, 7) is 1.10. The summed E-state index contributed by atoms with van der Waals surface area (Å²) < 4.78 is 0. The number of piperidine rings is 1. The number of likely N-dealkylation sites (N-methyl/N-ethyl adjacent to an activating group) is 1. The van der Waals surface area contributed by atoms with E-state index in [1.165, 1.54) is 18.0 Å². The maximum Gasteiger partial charge on any atom is 0.255 e. The molecule has 1 fully saturated rings. The van der Waals surface area contributed by atoms with Gasteiger partial charge in [-0.1, -0.05) is 25.0 Å². The van der Waals surface area contributed by atoms with E-state index in [9.17, 15) is 24.0 Å². The van der Waals surface area contributed by atoms with E-state index in [4.69, 9.17) is 0 Å². The van der Waals surface area contributed by atoms with Crippen LogP contribution in [0.2, 0.25) is 0 Å². The Morgan fingerprint density at radius 1 is 1.19 bits per heavy atom. The average Bonchev–Trinajstić information content (AvgIpc) is 2.78. The molecule has 0 bridgehead atoms. The highest BCUT2D eigenvalue weighted by Crippen LogP contribution is 2.19. The molecule has 0 saturated carbocycles. The van der Waals surface area contributed by atoms with Gasteiger partial charge in [0.1, 0.15) is 6.04 Å². The van der Waals surface area contributed by atoms with Gasteiger partial charge in [0, 0.05) is 32.0 Å². The van der Waals surface area contributed by atoms with Gasteiger partial charge in [0.2, 0.25) is 17.7 Å². The Bertz CT molecular complexity index is 855. The molecule has 1 aromatic rings. The highest BCUT2D eigenvalue weighted by atomic mass is 16.2. The molecule has 1 aromatic carbocycles. The quantitative estimate of drug-likeness (QED) is 0.252. The molecule has 2 rings (SSSR count). The Hall–Kier alpha value is -3.07. The van der Waals surface area contributed by atoms with Gasteiger partial charge in [-0.2, -0.15) is 0 Å². The molecular weight excluding hydrogens is 412 g/mol. The van der Waals surface area contributed by atoms with Crippen LogP contribution >= 0.6 is 0 Å². The molecule has 0 aromatic heterocycles. The highest BCUT2D eigenvalue weighted by molar-refractivity contribution is 6.06. The molecule has 9 nitrogen and oxygen atoms in total. The molecule has 9 heteroatoms. The smallest absolute Gasteiger partial charge is 0.255 e. The van der Waals surface area contributed by atoms with Crippen molar-refractivity contribution in [1.29, 1.82) is 0 Å². The van der Waals surface area contributed by atoms with Gasteiger partial charge in [0.25, 0.3) is 5.91 Å². The lowest BCUT2D eigenvalue weighted by molar-refractivity contribution is -0.136. The third-order valence-corrected chi connectivity index (χ3v) is 5.60. The van der Waals surface area contributed by atoms with Crippen LogP contribution in [0.15, 0.2) is 18.2 Å². The van der Waals surface area contributed by atoms with Gasteiger partial charge < -0.3 is 15.5 Å². The molecule has 0 spiro atoms. The van der Waals surface area contributed by atoms with Crippen LogP contribution < -0.4 is 16.0 Å². The van der Waals surface area contributed by atoms with E-state index in [0.29, 0.717) is 18.3 Å². The number of nitrogens with one attached hydrogen (secondary N) is 3. The summed E-state index contributed by atoms with van der Waals surface area (Å²) in [7, 11) is 3.39. The van der Waals surface area contributed by atoms with Crippen LogP contribution in [0.5, 0.6) is 0 Å². The molecule has 3 N–H and O–H groups in total. The Morgan fingerprint density at radius 2 is 1.94 bits per heavy atom. The van der Waals surface area contributed by atoms with E-state index in [1.54, 1.807) is 12.1 Å². The number of imide groups is 1. The molecule has 4 amide bonds. The number of carbonyl (C=O) groups is 5. The van der Waals surface area contributed by atoms with Crippen molar-refractivity contribution in [3.63, 3.8) is 0 Å². The average molecular weight is 445 g/mol. The number of rotatable bonds is 12. The first-order valence-corrected chi connectivity index (χ1v) is 11.0. The lowest BCUT2D eigenvalue weighted by atomic mass is 9.98. The normalized spacial score (nSPS) is 15.8. The largest absolute Gasteiger partial charge is 0.352 e. The molecule has 1 aliphatic heterocycles.